The van der Waals surface area contributed by atoms with Gasteiger partial charge in [0.25, 0.3) is 0 Å². The van der Waals surface area contributed by atoms with Crippen molar-refractivity contribution in [2.75, 3.05) is 13.1 Å². The molecule has 5 nitrogen and oxygen atoms in total. The van der Waals surface area contributed by atoms with Gasteiger partial charge < -0.3 is 0 Å². The molecule has 0 radical (unpaired) electrons. The number of hydrogen-bond donors (Lipinski definition) is 0. The van der Waals surface area contributed by atoms with E-state index in [9.17, 15) is 9.18 Å². The lowest BCUT2D eigenvalue weighted by Crippen LogP contribution is -2.30. The number of rotatable bonds is 7. The maximum Gasteiger partial charge on any atom is 0.196 e. The molecule has 0 amide bonds. The Hall–Kier alpha value is -2.22. The van der Waals surface area contributed by atoms with Gasteiger partial charge in [0.05, 0.1) is 11.8 Å². The summed E-state index contributed by atoms with van der Waals surface area (Å²) < 4.78 is 15.5. The smallest absolute Gasteiger partial charge is 0.196 e. The number of likely N-dealkylation sites (tertiary alicyclic amines) is 1. The fourth-order valence-corrected chi connectivity index (χ4v) is 4.80. The molecule has 1 aromatic heterocycles. The number of aromatic nitrogens is 3. The molecule has 162 valence electrons. The molecule has 0 spiro atoms. The standard InChI is InChI=1S/C23H24ClFN4OS/c1-16(22(30)17-5-7-18(24)8-6-17)31-23-27-26-21(15-28-13-3-2-4-14-28)29(23)20-11-9-19(25)10-12-20/h5-12,16H,2-4,13-15H2,1H3. The summed E-state index contributed by atoms with van der Waals surface area (Å²) in [6.45, 7) is 4.59. The molecular formula is C23H24ClFN4OS. The second-order valence-corrected chi connectivity index (χ2v) is 9.42. The van der Waals surface area contributed by atoms with Crippen molar-refractivity contribution in [3.8, 4) is 5.69 Å². The highest BCUT2D eigenvalue weighted by Gasteiger charge is 2.23. The first-order valence-corrected chi connectivity index (χ1v) is 11.7. The van der Waals surface area contributed by atoms with Gasteiger partial charge in [-0.05, 0) is 81.4 Å². The third-order valence-corrected chi connectivity index (χ3v) is 6.67. The van der Waals surface area contributed by atoms with Crippen LogP contribution in [0.15, 0.2) is 53.7 Å². The Labute approximate surface area is 190 Å². The molecule has 8 heteroatoms. The maximum absolute atomic E-state index is 13.5. The third-order valence-electron chi connectivity index (χ3n) is 5.38. The summed E-state index contributed by atoms with van der Waals surface area (Å²) >= 11 is 7.29. The van der Waals surface area contributed by atoms with Crippen LogP contribution in [-0.4, -0.2) is 43.8 Å². The molecule has 1 atom stereocenters. The highest BCUT2D eigenvalue weighted by atomic mass is 35.5. The molecule has 0 aliphatic carbocycles. The summed E-state index contributed by atoms with van der Waals surface area (Å²) in [6.07, 6.45) is 3.62. The summed E-state index contributed by atoms with van der Waals surface area (Å²) in [5, 5.41) is 9.67. The second kappa shape index (κ2) is 9.94. The van der Waals surface area contributed by atoms with E-state index in [1.807, 2.05) is 11.5 Å². The monoisotopic (exact) mass is 458 g/mol. The second-order valence-electron chi connectivity index (χ2n) is 7.68. The van der Waals surface area contributed by atoms with Crippen molar-refractivity contribution in [2.45, 2.75) is 43.1 Å². The molecule has 2 aromatic carbocycles. The Balaban J connectivity index is 1.60. The van der Waals surface area contributed by atoms with Gasteiger partial charge in [-0.15, -0.1) is 10.2 Å². The quantitative estimate of drug-likeness (QED) is 0.350. The van der Waals surface area contributed by atoms with Gasteiger partial charge in [-0.1, -0.05) is 29.8 Å². The van der Waals surface area contributed by atoms with Crippen LogP contribution in [0.5, 0.6) is 0 Å². The summed E-state index contributed by atoms with van der Waals surface area (Å²) in [4.78, 5) is 15.3. The van der Waals surface area contributed by atoms with E-state index in [1.54, 1.807) is 36.4 Å². The number of halogens is 2. The first kappa shape index (κ1) is 22.0. The molecule has 4 rings (SSSR count). The van der Waals surface area contributed by atoms with E-state index in [4.69, 9.17) is 11.6 Å². The molecule has 1 unspecified atom stereocenters. The minimum Gasteiger partial charge on any atom is -0.296 e. The number of carbonyl (C=O) groups is 1. The van der Waals surface area contributed by atoms with Crippen LogP contribution in [0.3, 0.4) is 0 Å². The van der Waals surface area contributed by atoms with Crippen LogP contribution in [-0.2, 0) is 6.54 Å². The Morgan fingerprint density at radius 3 is 2.42 bits per heavy atom. The zero-order valence-corrected chi connectivity index (χ0v) is 18.9. The molecule has 1 aliphatic rings. The van der Waals surface area contributed by atoms with E-state index in [0.717, 1.165) is 24.6 Å². The topological polar surface area (TPSA) is 51.0 Å². The average molecular weight is 459 g/mol. The average Bonchev–Trinajstić information content (AvgIpc) is 3.17. The minimum absolute atomic E-state index is 0.00657. The molecule has 3 aromatic rings. The van der Waals surface area contributed by atoms with E-state index in [2.05, 4.69) is 15.1 Å². The van der Waals surface area contributed by atoms with Crippen molar-refractivity contribution in [1.29, 1.82) is 0 Å². The van der Waals surface area contributed by atoms with E-state index < -0.39 is 0 Å². The number of Topliss-reactive ketones (excluding diaryl/α,β-unsaturated/α-hetero) is 1. The van der Waals surface area contributed by atoms with E-state index in [-0.39, 0.29) is 16.9 Å². The number of piperidine rings is 1. The molecule has 1 saturated heterocycles. The fourth-order valence-electron chi connectivity index (χ4n) is 3.71. The largest absolute Gasteiger partial charge is 0.296 e. The summed E-state index contributed by atoms with van der Waals surface area (Å²) in [7, 11) is 0. The van der Waals surface area contributed by atoms with Crippen LogP contribution >= 0.6 is 23.4 Å². The SMILES string of the molecule is CC(Sc1nnc(CN2CCCCC2)n1-c1ccc(F)cc1)C(=O)c1ccc(Cl)cc1. The van der Waals surface area contributed by atoms with Crippen molar-refractivity contribution in [1.82, 2.24) is 19.7 Å². The number of nitrogens with zero attached hydrogens (tertiary/aromatic N) is 4. The van der Waals surface area contributed by atoms with E-state index in [1.165, 1.54) is 43.2 Å². The lowest BCUT2D eigenvalue weighted by molar-refractivity contribution is 0.0994. The van der Waals surface area contributed by atoms with Crippen molar-refractivity contribution in [3.63, 3.8) is 0 Å². The van der Waals surface area contributed by atoms with Crippen molar-refractivity contribution < 1.29 is 9.18 Å². The van der Waals surface area contributed by atoms with Gasteiger partial charge in [0.1, 0.15) is 5.82 Å². The number of carbonyl (C=O) groups excluding carboxylic acids is 1. The highest BCUT2D eigenvalue weighted by Crippen LogP contribution is 2.29. The van der Waals surface area contributed by atoms with Crippen LogP contribution in [0, 0.1) is 5.82 Å². The van der Waals surface area contributed by atoms with Gasteiger partial charge in [0, 0.05) is 16.3 Å². The van der Waals surface area contributed by atoms with Crippen LogP contribution in [0.1, 0.15) is 42.4 Å². The maximum atomic E-state index is 13.5. The Morgan fingerprint density at radius 1 is 1.06 bits per heavy atom. The summed E-state index contributed by atoms with van der Waals surface area (Å²) in [5.74, 6) is 0.491. The lowest BCUT2D eigenvalue weighted by atomic mass is 10.1. The normalized spacial score (nSPS) is 15.7. The summed E-state index contributed by atoms with van der Waals surface area (Å²) in [6, 6.07) is 13.2. The van der Waals surface area contributed by atoms with Crippen LogP contribution < -0.4 is 0 Å². The summed E-state index contributed by atoms with van der Waals surface area (Å²) in [5.41, 5.74) is 1.39. The molecular weight excluding hydrogens is 435 g/mol. The van der Waals surface area contributed by atoms with Gasteiger partial charge in [-0.25, -0.2) is 4.39 Å². The molecule has 1 fully saturated rings. The zero-order chi connectivity index (χ0) is 21.8. The van der Waals surface area contributed by atoms with Gasteiger partial charge in [0.15, 0.2) is 16.8 Å². The van der Waals surface area contributed by atoms with Gasteiger partial charge >= 0.3 is 0 Å². The number of benzene rings is 2. The molecule has 31 heavy (non-hydrogen) atoms. The Bertz CT molecular complexity index is 1030. The van der Waals surface area contributed by atoms with Gasteiger partial charge in [-0.3, -0.25) is 14.3 Å². The Kier molecular flexibility index (Phi) is 7.05. The van der Waals surface area contributed by atoms with Crippen molar-refractivity contribution in [2.24, 2.45) is 0 Å². The molecule has 0 N–H and O–H groups in total. The molecule has 0 bridgehead atoms. The molecule has 0 saturated carbocycles. The number of thioether (sulfide) groups is 1. The predicted molar refractivity (Wildman–Crippen MR) is 122 cm³/mol. The molecule has 2 heterocycles. The first-order chi connectivity index (χ1) is 15.0. The van der Waals surface area contributed by atoms with E-state index >= 15 is 0 Å². The van der Waals surface area contributed by atoms with Crippen molar-refractivity contribution in [3.05, 3.63) is 70.8 Å². The van der Waals surface area contributed by atoms with Crippen LogP contribution in [0.25, 0.3) is 5.69 Å². The van der Waals surface area contributed by atoms with Gasteiger partial charge in [0.2, 0.25) is 0 Å². The first-order valence-electron chi connectivity index (χ1n) is 10.4. The van der Waals surface area contributed by atoms with Crippen LogP contribution in [0.4, 0.5) is 4.39 Å². The van der Waals surface area contributed by atoms with Gasteiger partial charge in [-0.2, -0.15) is 0 Å². The third kappa shape index (κ3) is 5.34. The van der Waals surface area contributed by atoms with Crippen LogP contribution in [0.2, 0.25) is 5.02 Å². The predicted octanol–water partition coefficient (Wildman–Crippen LogP) is 5.41. The number of ketones is 1. The Morgan fingerprint density at radius 2 is 1.74 bits per heavy atom. The lowest BCUT2D eigenvalue weighted by Gasteiger charge is -2.26. The van der Waals surface area contributed by atoms with E-state index in [0.29, 0.717) is 22.3 Å². The highest BCUT2D eigenvalue weighted by molar-refractivity contribution is 8.00. The fraction of sp³-hybridized carbons (Fsp3) is 0.348. The number of hydrogen-bond acceptors (Lipinski definition) is 5. The minimum atomic E-state index is -0.368. The zero-order valence-electron chi connectivity index (χ0n) is 17.3. The molecule has 1 aliphatic heterocycles. The van der Waals surface area contributed by atoms with Crippen molar-refractivity contribution >= 4 is 29.1 Å².